The van der Waals surface area contributed by atoms with E-state index in [1.807, 2.05) is 42.5 Å². The van der Waals surface area contributed by atoms with E-state index in [4.69, 9.17) is 0 Å². The maximum atomic E-state index is 15.2. The number of rotatable bonds is 2. The Labute approximate surface area is 188 Å². The molecule has 0 radical (unpaired) electrons. The van der Waals surface area contributed by atoms with Gasteiger partial charge in [-0.05, 0) is 49.2 Å². The Balaban J connectivity index is 1.44. The average molecular weight is 438 g/mol. The highest BCUT2D eigenvalue weighted by molar-refractivity contribution is 6.09. The van der Waals surface area contributed by atoms with Crippen molar-refractivity contribution in [2.24, 2.45) is 0 Å². The minimum Gasteiger partial charge on any atom is -0.294 e. The standard InChI is InChI=1S/C26H16F2N4O/c27-20-14-18(7-6-17-4-2-1-3-5-17)15-21(28)23(20)31-24(33)26(10-11-26)32-22(16-30-25(31)32)19-8-12-29-13-9-19/h1-5,8-9,12-16H,10-11H2. The first-order chi connectivity index (χ1) is 16.1. The van der Waals surface area contributed by atoms with Gasteiger partial charge in [-0.25, -0.2) is 18.7 Å². The summed E-state index contributed by atoms with van der Waals surface area (Å²) < 4.78 is 32.2. The number of benzene rings is 2. The van der Waals surface area contributed by atoms with Crippen molar-refractivity contribution in [2.75, 3.05) is 4.90 Å². The summed E-state index contributed by atoms with van der Waals surface area (Å²) in [7, 11) is 0. The average Bonchev–Trinajstić information content (AvgIpc) is 3.47. The maximum Gasteiger partial charge on any atom is 0.260 e. The summed E-state index contributed by atoms with van der Waals surface area (Å²) in [6.45, 7) is 0. The summed E-state index contributed by atoms with van der Waals surface area (Å²) in [5, 5.41) is 0. The lowest BCUT2D eigenvalue weighted by Crippen LogP contribution is -2.31. The van der Waals surface area contributed by atoms with E-state index in [1.54, 1.807) is 23.2 Å². The van der Waals surface area contributed by atoms with Crippen molar-refractivity contribution < 1.29 is 13.6 Å². The monoisotopic (exact) mass is 438 g/mol. The Morgan fingerprint density at radius 1 is 0.909 bits per heavy atom. The maximum absolute atomic E-state index is 15.2. The molecule has 2 aromatic heterocycles. The van der Waals surface area contributed by atoms with Crippen LogP contribution in [-0.4, -0.2) is 20.4 Å². The van der Waals surface area contributed by atoms with Gasteiger partial charge in [-0.1, -0.05) is 30.0 Å². The number of amides is 1. The number of carbonyl (C=O) groups is 1. The molecule has 3 heterocycles. The number of carbonyl (C=O) groups excluding carboxylic acids is 1. The summed E-state index contributed by atoms with van der Waals surface area (Å²) >= 11 is 0. The third-order valence-electron chi connectivity index (χ3n) is 6.04. The number of hydrogen-bond donors (Lipinski definition) is 0. The molecule has 5 nitrogen and oxygen atoms in total. The lowest BCUT2D eigenvalue weighted by atomic mass is 10.1. The normalized spacial score (nSPS) is 15.3. The van der Waals surface area contributed by atoms with E-state index in [9.17, 15) is 4.79 Å². The van der Waals surface area contributed by atoms with Crippen LogP contribution in [0.3, 0.4) is 0 Å². The smallest absolute Gasteiger partial charge is 0.260 e. The topological polar surface area (TPSA) is 51.0 Å². The van der Waals surface area contributed by atoms with E-state index < -0.39 is 22.9 Å². The minimum atomic E-state index is -0.863. The Bertz CT molecular complexity index is 1440. The van der Waals surface area contributed by atoms with Crippen molar-refractivity contribution in [1.29, 1.82) is 0 Å². The number of imidazole rings is 1. The second-order valence-corrected chi connectivity index (χ2v) is 8.09. The van der Waals surface area contributed by atoms with Crippen LogP contribution >= 0.6 is 0 Å². The fourth-order valence-electron chi connectivity index (χ4n) is 4.32. The first-order valence-electron chi connectivity index (χ1n) is 10.5. The fraction of sp³-hybridized carbons (Fsp3) is 0.115. The summed E-state index contributed by atoms with van der Waals surface area (Å²) in [4.78, 5) is 22.9. The van der Waals surface area contributed by atoms with Crippen molar-refractivity contribution in [3.05, 3.63) is 95.9 Å². The van der Waals surface area contributed by atoms with Crippen LogP contribution in [0.5, 0.6) is 0 Å². The molecule has 0 saturated heterocycles. The molecule has 1 saturated carbocycles. The van der Waals surface area contributed by atoms with Gasteiger partial charge in [0.1, 0.15) is 11.2 Å². The van der Waals surface area contributed by atoms with E-state index in [-0.39, 0.29) is 17.4 Å². The molecule has 0 atom stereocenters. The van der Waals surface area contributed by atoms with Gasteiger partial charge < -0.3 is 0 Å². The molecule has 0 N–H and O–H groups in total. The van der Waals surface area contributed by atoms with Gasteiger partial charge >= 0.3 is 0 Å². The van der Waals surface area contributed by atoms with Crippen LogP contribution in [0.25, 0.3) is 11.3 Å². The van der Waals surface area contributed by atoms with E-state index in [0.717, 1.165) is 28.2 Å². The molecular formula is C26H16F2N4O. The van der Waals surface area contributed by atoms with Crippen molar-refractivity contribution in [2.45, 2.75) is 18.4 Å². The molecule has 4 aromatic rings. The highest BCUT2D eigenvalue weighted by Crippen LogP contribution is 2.56. The van der Waals surface area contributed by atoms with Gasteiger partial charge in [0.25, 0.3) is 5.91 Å². The Kier molecular flexibility index (Phi) is 4.17. The highest BCUT2D eigenvalue weighted by atomic mass is 19.1. The molecule has 1 aliphatic heterocycles. The minimum absolute atomic E-state index is 0.186. The van der Waals surface area contributed by atoms with Crippen molar-refractivity contribution in [3.8, 4) is 23.1 Å². The Morgan fingerprint density at radius 2 is 1.58 bits per heavy atom. The van der Waals surface area contributed by atoms with Gasteiger partial charge in [0.2, 0.25) is 5.95 Å². The lowest BCUT2D eigenvalue weighted by molar-refractivity contribution is -0.120. The number of nitrogens with zero attached hydrogens (tertiary/aromatic N) is 4. The number of anilines is 2. The van der Waals surface area contributed by atoms with Crippen LogP contribution in [0.4, 0.5) is 20.4 Å². The predicted octanol–water partition coefficient (Wildman–Crippen LogP) is 4.79. The van der Waals surface area contributed by atoms with Crippen LogP contribution in [0.15, 0.2) is 73.2 Å². The molecule has 7 heteroatoms. The lowest BCUT2D eigenvalue weighted by Gasteiger charge is -2.17. The van der Waals surface area contributed by atoms with Crippen LogP contribution in [-0.2, 0) is 10.3 Å². The molecule has 33 heavy (non-hydrogen) atoms. The summed E-state index contributed by atoms with van der Waals surface area (Å²) in [6.07, 6.45) is 6.11. The van der Waals surface area contributed by atoms with Crippen LogP contribution in [0.1, 0.15) is 24.0 Å². The molecular weight excluding hydrogens is 422 g/mol. The first-order valence-corrected chi connectivity index (χ1v) is 10.5. The zero-order valence-corrected chi connectivity index (χ0v) is 17.3. The quantitative estimate of drug-likeness (QED) is 0.423. The summed E-state index contributed by atoms with van der Waals surface area (Å²) in [6, 6.07) is 15.1. The van der Waals surface area contributed by atoms with Crippen molar-refractivity contribution in [1.82, 2.24) is 14.5 Å². The van der Waals surface area contributed by atoms with Gasteiger partial charge in [-0.15, -0.1) is 0 Å². The van der Waals surface area contributed by atoms with Crippen LogP contribution in [0.2, 0.25) is 0 Å². The number of pyridine rings is 1. The van der Waals surface area contributed by atoms with Gasteiger partial charge in [0.15, 0.2) is 11.6 Å². The van der Waals surface area contributed by atoms with Gasteiger partial charge in [-0.2, -0.15) is 0 Å². The van der Waals surface area contributed by atoms with Crippen LogP contribution in [0, 0.1) is 23.5 Å². The largest absolute Gasteiger partial charge is 0.294 e. The fourth-order valence-corrected chi connectivity index (χ4v) is 4.32. The predicted molar refractivity (Wildman–Crippen MR) is 119 cm³/mol. The van der Waals surface area contributed by atoms with Crippen LogP contribution < -0.4 is 4.90 Å². The Morgan fingerprint density at radius 3 is 2.24 bits per heavy atom. The zero-order valence-electron chi connectivity index (χ0n) is 17.3. The van der Waals surface area contributed by atoms with Crippen molar-refractivity contribution in [3.63, 3.8) is 0 Å². The second-order valence-electron chi connectivity index (χ2n) is 8.09. The number of aromatic nitrogens is 3. The molecule has 0 unspecified atom stereocenters. The highest BCUT2D eigenvalue weighted by Gasteiger charge is 2.62. The molecule has 1 amide bonds. The molecule has 6 rings (SSSR count). The first kappa shape index (κ1) is 19.4. The SMILES string of the molecule is O=C1N(c2c(F)cc(C#Cc3ccccc3)cc2F)c2ncc(-c3ccncc3)n2C12CC2. The molecule has 1 spiro atoms. The molecule has 1 fully saturated rings. The third-order valence-corrected chi connectivity index (χ3v) is 6.04. The summed E-state index contributed by atoms with van der Waals surface area (Å²) in [5.41, 5.74) is 1.19. The Hall–Kier alpha value is -4.31. The van der Waals surface area contributed by atoms with E-state index in [0.29, 0.717) is 18.5 Å². The molecule has 160 valence electrons. The van der Waals surface area contributed by atoms with Gasteiger partial charge in [0.05, 0.1) is 11.9 Å². The molecule has 1 aliphatic carbocycles. The van der Waals surface area contributed by atoms with Gasteiger partial charge in [0, 0.05) is 29.1 Å². The van der Waals surface area contributed by atoms with Crippen molar-refractivity contribution >= 4 is 17.5 Å². The zero-order chi connectivity index (χ0) is 22.6. The van der Waals surface area contributed by atoms with E-state index in [1.165, 1.54) is 0 Å². The third kappa shape index (κ3) is 2.95. The second kappa shape index (κ2) is 7.10. The van der Waals surface area contributed by atoms with E-state index in [2.05, 4.69) is 21.8 Å². The van der Waals surface area contributed by atoms with Gasteiger partial charge in [-0.3, -0.25) is 14.3 Å². The number of hydrogen-bond acceptors (Lipinski definition) is 3. The number of fused-ring (bicyclic) bond motifs is 2. The molecule has 2 aromatic carbocycles. The number of halogens is 2. The van der Waals surface area contributed by atoms with E-state index >= 15 is 8.78 Å². The summed E-state index contributed by atoms with van der Waals surface area (Å²) in [5.74, 6) is 3.79. The molecule has 0 bridgehead atoms. The molecule has 2 aliphatic rings.